The summed E-state index contributed by atoms with van der Waals surface area (Å²) in [5, 5.41) is 10.0. The Balaban J connectivity index is 1.10. The van der Waals surface area contributed by atoms with Crippen molar-refractivity contribution in [3.8, 4) is 44.5 Å². The molecule has 0 saturated carbocycles. The number of fused-ring (bicyclic) bond motifs is 5. The fourth-order valence-electron chi connectivity index (χ4n) is 8.90. The summed E-state index contributed by atoms with van der Waals surface area (Å²) in [4.78, 5) is 2.43. The molecule has 0 radical (unpaired) electrons. The highest BCUT2D eigenvalue weighted by molar-refractivity contribution is 6.14. The van der Waals surface area contributed by atoms with Crippen LogP contribution in [0, 0.1) is 0 Å². The average Bonchev–Trinajstić information content (AvgIpc) is 3.32. The standard InChI is InChI=1S/C58H39N/c1-2-14-42(15-3-1)54-36-31-47(46-26-25-40-13-4-5-17-45(40)37-46)39-58(54)59(49-32-27-43(28-33-49)52-24-12-19-41-16-6-8-20-51(41)52)50-34-29-44(30-35-50)57-38-48-18-7-9-21-53(48)55-22-10-11-23-56(55)57/h1-39H. The van der Waals surface area contributed by atoms with Gasteiger partial charge in [-0.25, -0.2) is 0 Å². The second-order valence-corrected chi connectivity index (χ2v) is 15.3. The van der Waals surface area contributed by atoms with E-state index in [-0.39, 0.29) is 0 Å². The highest BCUT2D eigenvalue weighted by Gasteiger charge is 2.20. The lowest BCUT2D eigenvalue weighted by Gasteiger charge is -2.29. The molecule has 0 aliphatic heterocycles. The average molecular weight is 750 g/mol. The van der Waals surface area contributed by atoms with Gasteiger partial charge in [-0.15, -0.1) is 0 Å². The molecule has 1 heteroatoms. The lowest BCUT2D eigenvalue weighted by molar-refractivity contribution is 1.28. The van der Waals surface area contributed by atoms with Crippen LogP contribution in [0.3, 0.4) is 0 Å². The van der Waals surface area contributed by atoms with Crippen LogP contribution in [0.1, 0.15) is 0 Å². The molecule has 0 fully saturated rings. The van der Waals surface area contributed by atoms with Crippen LogP contribution < -0.4 is 4.90 Å². The zero-order valence-electron chi connectivity index (χ0n) is 32.5. The highest BCUT2D eigenvalue weighted by Crippen LogP contribution is 2.45. The molecule has 0 bridgehead atoms. The maximum atomic E-state index is 2.43. The van der Waals surface area contributed by atoms with Crippen LogP contribution >= 0.6 is 0 Å². The number of anilines is 3. The maximum absolute atomic E-state index is 2.43. The second-order valence-electron chi connectivity index (χ2n) is 15.3. The molecule has 276 valence electrons. The van der Waals surface area contributed by atoms with E-state index in [0.29, 0.717) is 0 Å². The summed E-state index contributed by atoms with van der Waals surface area (Å²) < 4.78 is 0. The minimum atomic E-state index is 1.09. The van der Waals surface area contributed by atoms with Gasteiger partial charge in [0.2, 0.25) is 0 Å². The summed E-state index contributed by atoms with van der Waals surface area (Å²) in [5.74, 6) is 0. The topological polar surface area (TPSA) is 3.24 Å². The number of hydrogen-bond acceptors (Lipinski definition) is 1. The third kappa shape index (κ3) is 6.30. The number of nitrogens with zero attached hydrogens (tertiary/aromatic N) is 1. The maximum Gasteiger partial charge on any atom is 0.0546 e. The van der Waals surface area contributed by atoms with Gasteiger partial charge in [0, 0.05) is 16.9 Å². The van der Waals surface area contributed by atoms with Crippen molar-refractivity contribution in [3.05, 3.63) is 237 Å². The van der Waals surface area contributed by atoms with E-state index in [9.17, 15) is 0 Å². The molecule has 1 nitrogen and oxygen atoms in total. The predicted molar refractivity (Wildman–Crippen MR) is 253 cm³/mol. The van der Waals surface area contributed by atoms with Crippen molar-refractivity contribution < 1.29 is 0 Å². The van der Waals surface area contributed by atoms with Gasteiger partial charge in [0.15, 0.2) is 0 Å². The van der Waals surface area contributed by atoms with Crippen molar-refractivity contribution in [2.45, 2.75) is 0 Å². The van der Waals surface area contributed by atoms with Gasteiger partial charge in [-0.3, -0.25) is 0 Å². The molecule has 0 unspecified atom stereocenters. The van der Waals surface area contributed by atoms with Crippen LogP contribution in [-0.2, 0) is 0 Å². The van der Waals surface area contributed by atoms with Gasteiger partial charge in [-0.05, 0) is 124 Å². The minimum absolute atomic E-state index is 1.09. The van der Waals surface area contributed by atoms with Crippen LogP contribution in [0.4, 0.5) is 17.1 Å². The minimum Gasteiger partial charge on any atom is -0.310 e. The van der Waals surface area contributed by atoms with Crippen LogP contribution in [-0.4, -0.2) is 0 Å². The van der Waals surface area contributed by atoms with E-state index < -0.39 is 0 Å². The van der Waals surface area contributed by atoms with Crippen LogP contribution in [0.15, 0.2) is 237 Å². The van der Waals surface area contributed by atoms with Crippen LogP contribution in [0.25, 0.3) is 87.6 Å². The zero-order chi connectivity index (χ0) is 39.1. The molecule has 0 saturated heterocycles. The highest BCUT2D eigenvalue weighted by atomic mass is 15.1. The van der Waals surface area contributed by atoms with Crippen molar-refractivity contribution in [2.24, 2.45) is 0 Å². The van der Waals surface area contributed by atoms with Gasteiger partial charge >= 0.3 is 0 Å². The molecule has 0 amide bonds. The van der Waals surface area contributed by atoms with Gasteiger partial charge in [0.05, 0.1) is 5.69 Å². The molecular formula is C58H39N. The Bertz CT molecular complexity index is 3300. The summed E-state index contributed by atoms with van der Waals surface area (Å²) in [6.45, 7) is 0. The van der Waals surface area contributed by atoms with Gasteiger partial charge in [0.25, 0.3) is 0 Å². The fraction of sp³-hybridized carbons (Fsp3) is 0. The molecule has 0 atom stereocenters. The Hall–Kier alpha value is -7.74. The fourth-order valence-corrected chi connectivity index (χ4v) is 8.90. The largest absolute Gasteiger partial charge is 0.310 e. The molecule has 0 aliphatic rings. The number of benzene rings is 11. The van der Waals surface area contributed by atoms with E-state index in [4.69, 9.17) is 0 Å². The monoisotopic (exact) mass is 749 g/mol. The van der Waals surface area contributed by atoms with Gasteiger partial charge in [-0.2, -0.15) is 0 Å². The van der Waals surface area contributed by atoms with Gasteiger partial charge < -0.3 is 4.90 Å². The Morgan fingerprint density at radius 1 is 0.220 bits per heavy atom. The van der Waals surface area contributed by atoms with Crippen molar-refractivity contribution in [1.82, 2.24) is 0 Å². The summed E-state index contributed by atoms with van der Waals surface area (Å²) in [6.07, 6.45) is 0. The first-order valence-electron chi connectivity index (χ1n) is 20.3. The summed E-state index contributed by atoms with van der Waals surface area (Å²) in [6, 6.07) is 86.4. The normalized spacial score (nSPS) is 11.4. The molecular weight excluding hydrogens is 711 g/mol. The SMILES string of the molecule is c1ccc(-c2ccc(-c3ccc4ccccc4c3)cc2N(c2ccc(-c3cccc4ccccc34)cc2)c2ccc(-c3cc4ccccc4c4ccccc34)cc2)cc1. The Kier molecular flexibility index (Phi) is 8.56. The molecule has 0 N–H and O–H groups in total. The zero-order valence-corrected chi connectivity index (χ0v) is 32.5. The number of rotatable bonds is 7. The van der Waals surface area contributed by atoms with E-state index in [1.54, 1.807) is 0 Å². The summed E-state index contributed by atoms with van der Waals surface area (Å²) >= 11 is 0. The van der Waals surface area contributed by atoms with Crippen molar-refractivity contribution in [1.29, 1.82) is 0 Å². The van der Waals surface area contributed by atoms with Gasteiger partial charge in [0.1, 0.15) is 0 Å². The molecule has 59 heavy (non-hydrogen) atoms. The third-order valence-corrected chi connectivity index (χ3v) is 11.8. The van der Waals surface area contributed by atoms with E-state index in [2.05, 4.69) is 241 Å². The Labute approximate surface area is 344 Å². The van der Waals surface area contributed by atoms with E-state index in [1.165, 1.54) is 82.0 Å². The predicted octanol–water partition coefficient (Wildman–Crippen LogP) is 16.4. The van der Waals surface area contributed by atoms with E-state index in [0.717, 1.165) is 22.6 Å². The quantitative estimate of drug-likeness (QED) is 0.147. The van der Waals surface area contributed by atoms with E-state index >= 15 is 0 Å². The molecule has 11 aromatic carbocycles. The van der Waals surface area contributed by atoms with Crippen LogP contribution in [0.2, 0.25) is 0 Å². The lowest BCUT2D eigenvalue weighted by atomic mass is 9.93. The first kappa shape index (κ1) is 34.5. The van der Waals surface area contributed by atoms with Crippen molar-refractivity contribution >= 4 is 60.2 Å². The molecule has 0 heterocycles. The smallest absolute Gasteiger partial charge is 0.0546 e. The Morgan fingerprint density at radius 2 is 0.729 bits per heavy atom. The molecule has 11 rings (SSSR count). The van der Waals surface area contributed by atoms with Crippen LogP contribution in [0.5, 0.6) is 0 Å². The van der Waals surface area contributed by atoms with Crippen molar-refractivity contribution in [2.75, 3.05) is 4.90 Å². The second kappa shape index (κ2) is 14.6. The van der Waals surface area contributed by atoms with Gasteiger partial charge in [-0.1, -0.05) is 194 Å². The number of hydrogen-bond donors (Lipinski definition) is 0. The lowest BCUT2D eigenvalue weighted by Crippen LogP contribution is -2.11. The first-order valence-corrected chi connectivity index (χ1v) is 20.3. The Morgan fingerprint density at radius 3 is 1.47 bits per heavy atom. The van der Waals surface area contributed by atoms with E-state index in [1.807, 2.05) is 0 Å². The third-order valence-electron chi connectivity index (χ3n) is 11.8. The van der Waals surface area contributed by atoms with Crippen molar-refractivity contribution in [3.63, 3.8) is 0 Å². The molecule has 11 aromatic rings. The summed E-state index contributed by atoms with van der Waals surface area (Å²) in [5.41, 5.74) is 12.8. The molecule has 0 spiro atoms. The molecule has 0 aromatic heterocycles. The summed E-state index contributed by atoms with van der Waals surface area (Å²) in [7, 11) is 0. The first-order chi connectivity index (χ1) is 29.2. The molecule has 0 aliphatic carbocycles.